The SMILES string of the molecule is COc1cc(F)c(OC)cc1F. The molecular formula is C8H8F2O2. The molecule has 0 saturated carbocycles. The monoisotopic (exact) mass is 174 g/mol. The summed E-state index contributed by atoms with van der Waals surface area (Å²) < 4.78 is 34.8. The van der Waals surface area contributed by atoms with E-state index in [0.717, 1.165) is 12.1 Å². The van der Waals surface area contributed by atoms with E-state index in [4.69, 9.17) is 0 Å². The summed E-state index contributed by atoms with van der Waals surface area (Å²) in [7, 11) is 2.54. The highest BCUT2D eigenvalue weighted by Gasteiger charge is 2.09. The third kappa shape index (κ3) is 1.47. The fourth-order valence-electron chi connectivity index (χ4n) is 0.823. The molecule has 0 fully saturated rings. The van der Waals surface area contributed by atoms with Gasteiger partial charge in [-0.05, 0) is 0 Å². The second-order valence-corrected chi connectivity index (χ2v) is 2.12. The van der Waals surface area contributed by atoms with Gasteiger partial charge in [-0.1, -0.05) is 0 Å². The van der Waals surface area contributed by atoms with Crippen molar-refractivity contribution in [1.82, 2.24) is 0 Å². The zero-order valence-electron chi connectivity index (χ0n) is 6.73. The fourth-order valence-corrected chi connectivity index (χ4v) is 0.823. The van der Waals surface area contributed by atoms with Crippen LogP contribution in [-0.4, -0.2) is 14.2 Å². The van der Waals surface area contributed by atoms with Gasteiger partial charge in [0, 0.05) is 12.1 Å². The molecule has 1 aromatic rings. The summed E-state index contributed by atoms with van der Waals surface area (Å²) >= 11 is 0. The van der Waals surface area contributed by atoms with Crippen LogP contribution in [0.5, 0.6) is 11.5 Å². The van der Waals surface area contributed by atoms with Gasteiger partial charge in [-0.15, -0.1) is 0 Å². The van der Waals surface area contributed by atoms with Crippen molar-refractivity contribution >= 4 is 0 Å². The van der Waals surface area contributed by atoms with Crippen LogP contribution < -0.4 is 9.47 Å². The summed E-state index contributed by atoms with van der Waals surface area (Å²) in [4.78, 5) is 0. The largest absolute Gasteiger partial charge is 0.494 e. The number of methoxy groups -OCH3 is 2. The number of rotatable bonds is 2. The summed E-state index contributed by atoms with van der Waals surface area (Å²) in [5, 5.41) is 0. The van der Waals surface area contributed by atoms with Gasteiger partial charge in [0.15, 0.2) is 23.1 Å². The van der Waals surface area contributed by atoms with Crippen LogP contribution in [-0.2, 0) is 0 Å². The minimum Gasteiger partial charge on any atom is -0.494 e. The van der Waals surface area contributed by atoms with Crippen molar-refractivity contribution in [3.63, 3.8) is 0 Å². The highest BCUT2D eigenvalue weighted by molar-refractivity contribution is 5.34. The van der Waals surface area contributed by atoms with Crippen LogP contribution in [0.25, 0.3) is 0 Å². The minimum absolute atomic E-state index is 0.131. The maximum atomic E-state index is 12.8. The van der Waals surface area contributed by atoms with E-state index in [2.05, 4.69) is 9.47 Å². The summed E-state index contributed by atoms with van der Waals surface area (Å²) in [5.74, 6) is -1.55. The van der Waals surface area contributed by atoms with E-state index in [-0.39, 0.29) is 11.5 Å². The van der Waals surface area contributed by atoms with E-state index in [1.54, 1.807) is 0 Å². The van der Waals surface area contributed by atoms with Gasteiger partial charge in [0.1, 0.15) is 0 Å². The summed E-state index contributed by atoms with van der Waals surface area (Å²) in [6, 6.07) is 1.88. The van der Waals surface area contributed by atoms with Crippen LogP contribution >= 0.6 is 0 Å². The van der Waals surface area contributed by atoms with Crippen molar-refractivity contribution in [2.75, 3.05) is 14.2 Å². The van der Waals surface area contributed by atoms with Gasteiger partial charge >= 0.3 is 0 Å². The van der Waals surface area contributed by atoms with E-state index < -0.39 is 11.6 Å². The van der Waals surface area contributed by atoms with Crippen molar-refractivity contribution in [2.24, 2.45) is 0 Å². The maximum Gasteiger partial charge on any atom is 0.168 e. The van der Waals surface area contributed by atoms with Crippen molar-refractivity contribution in [2.45, 2.75) is 0 Å². The molecule has 0 unspecified atom stereocenters. The smallest absolute Gasteiger partial charge is 0.168 e. The molecule has 1 aromatic carbocycles. The average molecular weight is 174 g/mol. The Labute approximate surface area is 68.7 Å². The van der Waals surface area contributed by atoms with Crippen LogP contribution in [0.3, 0.4) is 0 Å². The third-order valence-corrected chi connectivity index (χ3v) is 1.43. The van der Waals surface area contributed by atoms with Crippen molar-refractivity contribution < 1.29 is 18.3 Å². The first kappa shape index (κ1) is 8.77. The second-order valence-electron chi connectivity index (χ2n) is 2.12. The van der Waals surface area contributed by atoms with Crippen LogP contribution in [0.15, 0.2) is 12.1 Å². The first-order valence-corrected chi connectivity index (χ1v) is 3.26. The molecule has 0 saturated heterocycles. The van der Waals surface area contributed by atoms with Crippen LogP contribution in [0, 0.1) is 11.6 Å². The first-order valence-electron chi connectivity index (χ1n) is 3.26. The lowest BCUT2D eigenvalue weighted by Gasteiger charge is -2.05. The Hall–Kier alpha value is -1.32. The van der Waals surface area contributed by atoms with Crippen molar-refractivity contribution in [1.29, 1.82) is 0 Å². The lowest BCUT2D eigenvalue weighted by atomic mass is 10.3. The van der Waals surface area contributed by atoms with Gasteiger partial charge in [-0.2, -0.15) is 0 Å². The highest BCUT2D eigenvalue weighted by atomic mass is 19.1. The molecule has 2 nitrogen and oxygen atoms in total. The molecule has 0 aliphatic heterocycles. The van der Waals surface area contributed by atoms with Gasteiger partial charge < -0.3 is 9.47 Å². The average Bonchev–Trinajstić information content (AvgIpc) is 2.08. The quantitative estimate of drug-likeness (QED) is 0.682. The fraction of sp³-hybridized carbons (Fsp3) is 0.250. The molecule has 4 heteroatoms. The number of ether oxygens (including phenoxy) is 2. The van der Waals surface area contributed by atoms with E-state index in [9.17, 15) is 8.78 Å². The van der Waals surface area contributed by atoms with E-state index in [1.807, 2.05) is 0 Å². The van der Waals surface area contributed by atoms with Crippen molar-refractivity contribution in [3.05, 3.63) is 23.8 Å². The molecule has 66 valence electrons. The number of hydrogen-bond donors (Lipinski definition) is 0. The van der Waals surface area contributed by atoms with Gasteiger partial charge in [-0.3, -0.25) is 0 Å². The van der Waals surface area contributed by atoms with Crippen LogP contribution in [0.4, 0.5) is 8.78 Å². The Bertz CT molecular complexity index is 257. The van der Waals surface area contributed by atoms with Crippen LogP contribution in [0.2, 0.25) is 0 Å². The lowest BCUT2D eigenvalue weighted by molar-refractivity contribution is 0.359. The predicted molar refractivity (Wildman–Crippen MR) is 39.5 cm³/mol. The highest BCUT2D eigenvalue weighted by Crippen LogP contribution is 2.25. The molecule has 0 N–H and O–H groups in total. The molecule has 0 radical (unpaired) electrons. The molecule has 0 bridgehead atoms. The number of benzene rings is 1. The predicted octanol–water partition coefficient (Wildman–Crippen LogP) is 1.98. The molecular weight excluding hydrogens is 166 g/mol. The maximum absolute atomic E-state index is 12.8. The molecule has 1 rings (SSSR count). The van der Waals surface area contributed by atoms with Gasteiger partial charge in [-0.25, -0.2) is 8.78 Å². The van der Waals surface area contributed by atoms with Crippen LogP contribution in [0.1, 0.15) is 0 Å². The number of halogens is 2. The summed E-state index contributed by atoms with van der Waals surface area (Å²) in [5.41, 5.74) is 0. The normalized spacial score (nSPS) is 9.67. The lowest BCUT2D eigenvalue weighted by Crippen LogP contribution is -1.93. The Balaban J connectivity index is 3.16. The molecule has 0 aliphatic carbocycles. The zero-order chi connectivity index (χ0) is 9.14. The summed E-state index contributed by atoms with van der Waals surface area (Å²) in [6.07, 6.45) is 0. The molecule has 0 atom stereocenters. The van der Waals surface area contributed by atoms with E-state index in [1.165, 1.54) is 14.2 Å². The van der Waals surface area contributed by atoms with E-state index >= 15 is 0 Å². The minimum atomic E-state index is -0.643. The van der Waals surface area contributed by atoms with Gasteiger partial charge in [0.2, 0.25) is 0 Å². The molecule has 0 amide bonds. The first-order chi connectivity index (χ1) is 5.69. The Morgan fingerprint density at radius 3 is 1.50 bits per heavy atom. The van der Waals surface area contributed by atoms with Gasteiger partial charge in [0.05, 0.1) is 14.2 Å². The molecule has 12 heavy (non-hydrogen) atoms. The topological polar surface area (TPSA) is 18.5 Å². The van der Waals surface area contributed by atoms with E-state index in [0.29, 0.717) is 0 Å². The molecule has 0 aromatic heterocycles. The number of hydrogen-bond acceptors (Lipinski definition) is 2. The molecule has 0 heterocycles. The Morgan fingerprint density at radius 2 is 1.25 bits per heavy atom. The zero-order valence-corrected chi connectivity index (χ0v) is 6.73. The molecule has 0 aliphatic rings. The Morgan fingerprint density at radius 1 is 0.917 bits per heavy atom. The second kappa shape index (κ2) is 3.38. The summed E-state index contributed by atoms with van der Waals surface area (Å²) in [6.45, 7) is 0. The Kier molecular flexibility index (Phi) is 2.47. The van der Waals surface area contributed by atoms with Crippen molar-refractivity contribution in [3.8, 4) is 11.5 Å². The third-order valence-electron chi connectivity index (χ3n) is 1.43. The standard InChI is InChI=1S/C8H8F2O2/c1-11-7-3-6(10)8(12-2)4-5(7)9/h3-4H,1-2H3. The van der Waals surface area contributed by atoms with Gasteiger partial charge in [0.25, 0.3) is 0 Å². The molecule has 0 spiro atoms.